The number of benzene rings is 2. The van der Waals surface area contributed by atoms with Gasteiger partial charge in [-0.05, 0) is 48.2 Å². The summed E-state index contributed by atoms with van der Waals surface area (Å²) in [5.41, 5.74) is 9.06. The molecule has 2 N–H and O–H groups in total. The smallest absolute Gasteiger partial charge is 0.222 e. The van der Waals surface area contributed by atoms with Gasteiger partial charge < -0.3 is 15.5 Å². The van der Waals surface area contributed by atoms with E-state index in [0.717, 1.165) is 30.1 Å². The lowest BCUT2D eigenvalue weighted by Gasteiger charge is -2.43. The molecule has 2 aromatic carbocycles. The van der Waals surface area contributed by atoms with Crippen LogP contribution in [-0.4, -0.2) is 30.4 Å². The van der Waals surface area contributed by atoms with Crippen molar-refractivity contribution in [2.24, 2.45) is 5.92 Å². The molecule has 4 rings (SSSR count). The topological polar surface area (TPSA) is 49.6 Å². The van der Waals surface area contributed by atoms with Crippen LogP contribution in [0.3, 0.4) is 0 Å². The zero-order valence-corrected chi connectivity index (χ0v) is 19.4. The average Bonchev–Trinajstić information content (AvgIpc) is 2.78. The van der Waals surface area contributed by atoms with Crippen molar-refractivity contribution in [3.8, 4) is 0 Å². The lowest BCUT2D eigenvalue weighted by atomic mass is 9.86. The maximum Gasteiger partial charge on any atom is 0.222 e. The Morgan fingerprint density at radius 2 is 1.68 bits per heavy atom. The molecule has 0 radical (unpaired) electrons. The summed E-state index contributed by atoms with van der Waals surface area (Å²) in [6.07, 6.45) is 8.23. The minimum absolute atomic E-state index is 0.0214. The molecule has 0 bridgehead atoms. The first-order chi connectivity index (χ1) is 15.0. The van der Waals surface area contributed by atoms with Crippen LogP contribution in [0.25, 0.3) is 0 Å². The molecule has 2 aromatic rings. The summed E-state index contributed by atoms with van der Waals surface area (Å²) < 4.78 is 0. The second-order valence-electron chi connectivity index (χ2n) is 8.85. The Bertz CT molecular complexity index is 896. The Hall–Kier alpha value is -1.91. The fourth-order valence-electron chi connectivity index (χ4n) is 5.02. The number of nitrogen functional groups attached to an aromatic ring is 1. The third-order valence-electron chi connectivity index (χ3n) is 6.78. The number of carbonyl (C=O) groups is 1. The van der Waals surface area contributed by atoms with Crippen LogP contribution in [0, 0.1) is 5.92 Å². The average molecular weight is 460 g/mol. The maximum atomic E-state index is 13.1. The Labute approximate surface area is 195 Å². The maximum absolute atomic E-state index is 13.1. The molecular weight excluding hydrogens is 429 g/mol. The summed E-state index contributed by atoms with van der Waals surface area (Å²) in [7, 11) is 0. The highest BCUT2D eigenvalue weighted by Gasteiger charge is 2.32. The molecule has 1 amide bonds. The molecule has 2 fully saturated rings. The molecule has 1 saturated carbocycles. The highest BCUT2D eigenvalue weighted by atomic mass is 35.5. The number of rotatable bonds is 5. The van der Waals surface area contributed by atoms with Gasteiger partial charge in [0.15, 0.2) is 0 Å². The minimum Gasteiger partial charge on any atom is -0.397 e. The van der Waals surface area contributed by atoms with E-state index >= 15 is 0 Å². The summed E-state index contributed by atoms with van der Waals surface area (Å²) in [6, 6.07) is 13.6. The fraction of sp³-hybridized carbons (Fsp3) is 0.480. The van der Waals surface area contributed by atoms with Crippen LogP contribution in [0.15, 0.2) is 42.5 Å². The number of hydrogen-bond donors (Lipinski definition) is 1. The summed E-state index contributed by atoms with van der Waals surface area (Å²) in [5, 5.41) is 1.33. The van der Waals surface area contributed by atoms with Crippen molar-refractivity contribution in [2.45, 2.75) is 51.0 Å². The van der Waals surface area contributed by atoms with Crippen molar-refractivity contribution in [2.75, 3.05) is 30.3 Å². The first-order valence-corrected chi connectivity index (χ1v) is 12.1. The van der Waals surface area contributed by atoms with Crippen molar-refractivity contribution < 1.29 is 4.79 Å². The van der Waals surface area contributed by atoms with Gasteiger partial charge in [-0.15, -0.1) is 0 Å². The van der Waals surface area contributed by atoms with Crippen LogP contribution in [-0.2, 0) is 4.79 Å². The molecule has 1 saturated heterocycles. The molecular formula is C25H31Cl2N3O. The standard InChI is InChI=1S/C25H31Cl2N3O/c26-20-9-7-19(8-10-20)24-17-29(25(31)13-6-18-4-2-1-3-5-18)14-15-30(24)23-12-11-21(27)16-22(23)28/h7-12,16,18,24H,1-6,13-15,17,28H2/t24-/m0/s1. The Balaban J connectivity index is 1.51. The molecule has 0 aromatic heterocycles. The van der Waals surface area contributed by atoms with Gasteiger partial charge in [0.05, 0.1) is 17.4 Å². The van der Waals surface area contributed by atoms with Crippen molar-refractivity contribution in [3.63, 3.8) is 0 Å². The SMILES string of the molecule is Nc1cc(Cl)ccc1N1CCN(C(=O)CCC2CCCCC2)C[C@H]1c1ccc(Cl)cc1. The molecule has 1 aliphatic heterocycles. The van der Waals surface area contributed by atoms with Crippen LogP contribution in [0.1, 0.15) is 56.6 Å². The third-order valence-corrected chi connectivity index (χ3v) is 7.27. The predicted octanol–water partition coefficient (Wildman–Crippen LogP) is 6.33. The van der Waals surface area contributed by atoms with Crippen LogP contribution < -0.4 is 10.6 Å². The molecule has 4 nitrogen and oxygen atoms in total. The summed E-state index contributed by atoms with van der Waals surface area (Å²) in [4.78, 5) is 17.4. The summed E-state index contributed by atoms with van der Waals surface area (Å²) >= 11 is 12.3. The quantitative estimate of drug-likeness (QED) is 0.531. The van der Waals surface area contributed by atoms with Crippen molar-refractivity contribution in [1.29, 1.82) is 0 Å². The number of hydrogen-bond acceptors (Lipinski definition) is 3. The molecule has 0 unspecified atom stereocenters. The molecule has 31 heavy (non-hydrogen) atoms. The zero-order valence-electron chi connectivity index (χ0n) is 17.9. The largest absolute Gasteiger partial charge is 0.397 e. The molecule has 166 valence electrons. The first kappa shape index (κ1) is 22.3. The van der Waals surface area contributed by atoms with Crippen molar-refractivity contribution in [1.82, 2.24) is 4.90 Å². The molecule has 1 heterocycles. The number of nitrogens with zero attached hydrogens (tertiary/aromatic N) is 2. The van der Waals surface area contributed by atoms with Gasteiger partial charge in [0.25, 0.3) is 0 Å². The van der Waals surface area contributed by atoms with Crippen molar-refractivity contribution in [3.05, 3.63) is 58.1 Å². The first-order valence-electron chi connectivity index (χ1n) is 11.4. The van der Waals surface area contributed by atoms with Gasteiger partial charge in [-0.25, -0.2) is 0 Å². The van der Waals surface area contributed by atoms with Gasteiger partial charge in [0.2, 0.25) is 5.91 Å². The van der Waals surface area contributed by atoms with Crippen molar-refractivity contribution >= 4 is 40.5 Å². The van der Waals surface area contributed by atoms with E-state index in [1.54, 1.807) is 6.07 Å². The molecule has 1 aliphatic carbocycles. The fourth-order valence-corrected chi connectivity index (χ4v) is 5.32. The zero-order chi connectivity index (χ0) is 21.8. The lowest BCUT2D eigenvalue weighted by molar-refractivity contribution is -0.132. The van der Waals surface area contributed by atoms with Gasteiger partial charge >= 0.3 is 0 Å². The van der Waals surface area contributed by atoms with Gasteiger partial charge in [0, 0.05) is 36.1 Å². The minimum atomic E-state index is 0.0214. The van der Waals surface area contributed by atoms with E-state index in [4.69, 9.17) is 28.9 Å². The van der Waals surface area contributed by atoms with E-state index in [1.807, 2.05) is 41.3 Å². The van der Waals surface area contributed by atoms with E-state index < -0.39 is 0 Å². The molecule has 2 aliphatic rings. The van der Waals surface area contributed by atoms with Crippen LogP contribution in [0.2, 0.25) is 10.0 Å². The Morgan fingerprint density at radius 1 is 0.968 bits per heavy atom. The number of anilines is 2. The number of halogens is 2. The number of nitrogens with two attached hydrogens (primary N) is 1. The van der Waals surface area contributed by atoms with Gasteiger partial charge in [-0.1, -0.05) is 67.4 Å². The lowest BCUT2D eigenvalue weighted by Crippen LogP contribution is -2.50. The van der Waals surface area contributed by atoms with E-state index in [-0.39, 0.29) is 11.9 Å². The Kier molecular flexibility index (Phi) is 7.29. The van der Waals surface area contributed by atoms with Gasteiger partial charge in [0.1, 0.15) is 0 Å². The van der Waals surface area contributed by atoms with E-state index in [1.165, 1.54) is 32.1 Å². The van der Waals surface area contributed by atoms with Crippen LogP contribution in [0.4, 0.5) is 11.4 Å². The Morgan fingerprint density at radius 3 is 2.39 bits per heavy atom. The number of piperazine rings is 1. The monoisotopic (exact) mass is 459 g/mol. The second kappa shape index (κ2) is 10.1. The van der Waals surface area contributed by atoms with Gasteiger partial charge in [-0.3, -0.25) is 4.79 Å². The number of amides is 1. The summed E-state index contributed by atoms with van der Waals surface area (Å²) in [6.45, 7) is 2.08. The molecule has 6 heteroatoms. The number of carbonyl (C=O) groups excluding carboxylic acids is 1. The predicted molar refractivity (Wildman–Crippen MR) is 130 cm³/mol. The highest BCUT2D eigenvalue weighted by Crippen LogP contribution is 2.36. The van der Waals surface area contributed by atoms with Gasteiger partial charge in [-0.2, -0.15) is 0 Å². The molecule has 1 atom stereocenters. The van der Waals surface area contributed by atoms with E-state index in [9.17, 15) is 4.79 Å². The van der Waals surface area contributed by atoms with E-state index in [2.05, 4.69) is 4.90 Å². The normalized spacial score (nSPS) is 20.1. The van der Waals surface area contributed by atoms with E-state index in [0.29, 0.717) is 35.2 Å². The van der Waals surface area contributed by atoms with Crippen LogP contribution in [0.5, 0.6) is 0 Å². The third kappa shape index (κ3) is 5.48. The van der Waals surface area contributed by atoms with Crippen LogP contribution >= 0.6 is 23.2 Å². The molecule has 0 spiro atoms. The summed E-state index contributed by atoms with van der Waals surface area (Å²) in [5.74, 6) is 0.994. The highest BCUT2D eigenvalue weighted by molar-refractivity contribution is 6.31. The second-order valence-corrected chi connectivity index (χ2v) is 9.72.